The van der Waals surface area contributed by atoms with Crippen molar-refractivity contribution in [3.8, 4) is 0 Å². The molecule has 32 heavy (non-hydrogen) atoms. The number of hydrogen-bond acceptors (Lipinski definition) is 5. The number of aromatic nitrogens is 1. The first kappa shape index (κ1) is 23.7. The van der Waals surface area contributed by atoms with Gasteiger partial charge < -0.3 is 0 Å². The predicted molar refractivity (Wildman–Crippen MR) is 126 cm³/mol. The van der Waals surface area contributed by atoms with Crippen LogP contribution in [0.4, 0.5) is 5.82 Å². The second kappa shape index (κ2) is 11.0. The highest BCUT2D eigenvalue weighted by atomic mass is 35.5. The molecule has 0 aliphatic heterocycles. The number of rotatable bonds is 10. The van der Waals surface area contributed by atoms with Crippen LogP contribution in [-0.2, 0) is 21.0 Å². The van der Waals surface area contributed by atoms with Crippen molar-refractivity contribution >= 4 is 40.5 Å². The summed E-state index contributed by atoms with van der Waals surface area (Å²) in [5.41, 5.74) is 4.03. The maximum Gasteiger partial charge on any atom is 0.239 e. The van der Waals surface area contributed by atoms with Gasteiger partial charge in [-0.3, -0.25) is 19.4 Å². The molecule has 2 aromatic carbocycles. The maximum atomic E-state index is 12.4. The molecule has 1 N–H and O–H groups in total. The molecular weight excluding hydrogens is 428 g/mol. The van der Waals surface area contributed by atoms with Gasteiger partial charge >= 0.3 is 0 Å². The van der Waals surface area contributed by atoms with Crippen LogP contribution in [-0.4, -0.2) is 35.0 Å². The van der Waals surface area contributed by atoms with Crippen LogP contribution in [0.3, 0.4) is 0 Å². The van der Waals surface area contributed by atoms with E-state index in [-0.39, 0.29) is 24.5 Å². The number of amides is 2. The Balaban J connectivity index is 1.73. The topological polar surface area (TPSA) is 74.8 Å². The van der Waals surface area contributed by atoms with Crippen molar-refractivity contribution in [1.29, 1.82) is 0 Å². The minimum absolute atomic E-state index is 0.0516. The third-order valence-electron chi connectivity index (χ3n) is 5.16. The number of anilines is 1. The first-order valence-electron chi connectivity index (χ1n) is 10.4. The van der Waals surface area contributed by atoms with E-state index in [4.69, 9.17) is 16.4 Å². The van der Waals surface area contributed by atoms with Crippen LogP contribution in [0.5, 0.6) is 0 Å². The first-order valence-corrected chi connectivity index (χ1v) is 10.8. The lowest BCUT2D eigenvalue weighted by atomic mass is 10.0. The number of halogens is 1. The number of hydrazine groups is 1. The van der Waals surface area contributed by atoms with Gasteiger partial charge in [0.15, 0.2) is 5.82 Å². The van der Waals surface area contributed by atoms with Crippen molar-refractivity contribution in [3.63, 3.8) is 0 Å². The lowest BCUT2D eigenvalue weighted by Gasteiger charge is -2.34. The first-order chi connectivity index (χ1) is 15.4. The van der Waals surface area contributed by atoms with Gasteiger partial charge in [0.05, 0.1) is 12.6 Å². The van der Waals surface area contributed by atoms with Crippen LogP contribution in [0, 0.1) is 5.92 Å². The molecule has 0 saturated heterocycles. The third-order valence-corrected chi connectivity index (χ3v) is 5.53. The zero-order valence-electron chi connectivity index (χ0n) is 18.4. The van der Waals surface area contributed by atoms with Crippen molar-refractivity contribution in [1.82, 2.24) is 15.4 Å². The highest BCUT2D eigenvalue weighted by Gasteiger charge is 2.26. The molecule has 0 radical (unpaired) electrons. The Bertz CT molecular complexity index is 1080. The number of nitrogens with zero attached hydrogens (tertiary/aromatic N) is 3. The molecule has 168 valence electrons. The average molecular weight is 455 g/mol. The van der Waals surface area contributed by atoms with Gasteiger partial charge in [-0.2, -0.15) is 5.06 Å². The van der Waals surface area contributed by atoms with E-state index in [1.54, 1.807) is 18.3 Å². The third kappa shape index (κ3) is 5.82. The standard InChI is InChI=1S/C24H27ClN4O3/c1-17(2)23(29(18(3)31)27-14-21-10-6-7-11-22(21)25)15-32-28(16-30)24-12-19-8-4-5-9-20(19)13-26-24/h4-13,16-17,23,27H,14-15H2,1-3H3/t23-/m1/s1. The summed E-state index contributed by atoms with van der Waals surface area (Å²) in [6.45, 7) is 5.94. The van der Waals surface area contributed by atoms with Crippen LogP contribution in [0.1, 0.15) is 26.3 Å². The highest BCUT2D eigenvalue weighted by molar-refractivity contribution is 6.31. The zero-order chi connectivity index (χ0) is 23.1. The van der Waals surface area contributed by atoms with Gasteiger partial charge in [-0.15, -0.1) is 0 Å². The molecule has 0 fully saturated rings. The second-order valence-electron chi connectivity index (χ2n) is 7.74. The van der Waals surface area contributed by atoms with E-state index in [0.717, 1.165) is 21.4 Å². The Morgan fingerprint density at radius 3 is 2.50 bits per heavy atom. The lowest BCUT2D eigenvalue weighted by molar-refractivity contribution is -0.139. The number of carbonyl (C=O) groups is 2. The molecule has 0 aliphatic carbocycles. The Kier molecular flexibility index (Phi) is 8.16. The van der Waals surface area contributed by atoms with Crippen LogP contribution in [0.15, 0.2) is 60.8 Å². The van der Waals surface area contributed by atoms with Crippen LogP contribution in [0.2, 0.25) is 5.02 Å². The molecule has 1 heterocycles. The summed E-state index contributed by atoms with van der Waals surface area (Å²) < 4.78 is 0. The second-order valence-corrected chi connectivity index (χ2v) is 8.15. The van der Waals surface area contributed by atoms with Gasteiger partial charge in [-0.25, -0.2) is 10.4 Å². The monoisotopic (exact) mass is 454 g/mol. The highest BCUT2D eigenvalue weighted by Crippen LogP contribution is 2.20. The molecule has 0 saturated carbocycles. The molecule has 0 bridgehead atoms. The SMILES string of the molecule is CC(=O)N(NCc1ccccc1Cl)[C@H](CON(C=O)c1cc2ccccc2cn1)C(C)C. The molecule has 2 amide bonds. The number of pyridine rings is 1. The van der Waals surface area contributed by atoms with Gasteiger partial charge in [-0.1, -0.05) is 67.9 Å². The smallest absolute Gasteiger partial charge is 0.239 e. The molecule has 7 nitrogen and oxygen atoms in total. The minimum atomic E-state index is -0.335. The summed E-state index contributed by atoms with van der Waals surface area (Å²) in [7, 11) is 0. The maximum absolute atomic E-state index is 12.4. The van der Waals surface area contributed by atoms with Crippen molar-refractivity contribution in [2.24, 2.45) is 5.92 Å². The summed E-state index contributed by atoms with van der Waals surface area (Å²) in [5.74, 6) is 0.260. The molecule has 8 heteroatoms. The van der Waals surface area contributed by atoms with Crippen molar-refractivity contribution < 1.29 is 14.4 Å². The number of nitrogens with one attached hydrogen (secondary N) is 1. The Labute approximate surface area is 192 Å². The fourth-order valence-corrected chi connectivity index (χ4v) is 3.54. The molecule has 1 atom stereocenters. The Morgan fingerprint density at radius 1 is 1.16 bits per heavy atom. The zero-order valence-corrected chi connectivity index (χ0v) is 19.1. The van der Waals surface area contributed by atoms with Crippen molar-refractivity contribution in [3.05, 3.63) is 71.4 Å². The fourth-order valence-electron chi connectivity index (χ4n) is 3.34. The largest absolute Gasteiger partial charge is 0.276 e. The van der Waals surface area contributed by atoms with Crippen molar-refractivity contribution in [2.45, 2.75) is 33.4 Å². The van der Waals surface area contributed by atoms with Crippen molar-refractivity contribution in [2.75, 3.05) is 11.7 Å². The molecule has 1 aromatic heterocycles. The number of benzene rings is 2. The van der Waals surface area contributed by atoms with Gasteiger partial charge in [0.1, 0.15) is 0 Å². The summed E-state index contributed by atoms with van der Waals surface area (Å²) in [5, 5.41) is 5.16. The van der Waals surface area contributed by atoms with E-state index in [1.807, 2.05) is 56.3 Å². The summed E-state index contributed by atoms with van der Waals surface area (Å²) in [6.07, 6.45) is 2.27. The van der Waals surface area contributed by atoms with Gasteiger partial charge in [0.25, 0.3) is 0 Å². The Morgan fingerprint density at radius 2 is 1.84 bits per heavy atom. The van der Waals surface area contributed by atoms with Gasteiger partial charge in [0, 0.05) is 30.1 Å². The minimum Gasteiger partial charge on any atom is -0.276 e. The van der Waals surface area contributed by atoms with E-state index >= 15 is 0 Å². The van der Waals surface area contributed by atoms with Gasteiger partial charge in [-0.05, 0) is 29.0 Å². The summed E-state index contributed by atoms with van der Waals surface area (Å²) in [4.78, 5) is 34.3. The summed E-state index contributed by atoms with van der Waals surface area (Å²) >= 11 is 6.24. The van der Waals surface area contributed by atoms with Crippen LogP contribution in [0.25, 0.3) is 10.8 Å². The number of hydrogen-bond donors (Lipinski definition) is 1. The molecule has 3 rings (SSSR count). The van der Waals surface area contributed by atoms with E-state index < -0.39 is 0 Å². The average Bonchev–Trinajstić information content (AvgIpc) is 2.78. The molecule has 0 unspecified atom stereocenters. The van der Waals surface area contributed by atoms with E-state index in [0.29, 0.717) is 23.8 Å². The van der Waals surface area contributed by atoms with E-state index in [1.165, 1.54) is 11.9 Å². The normalized spacial score (nSPS) is 12.0. The molecular formula is C24H27ClN4O3. The number of carbonyl (C=O) groups excluding carboxylic acids is 2. The molecule has 0 aliphatic rings. The Hall–Kier alpha value is -3.00. The quantitative estimate of drug-likeness (QED) is 0.364. The predicted octanol–water partition coefficient (Wildman–Crippen LogP) is 4.36. The fraction of sp³-hybridized carbons (Fsp3) is 0.292. The lowest BCUT2D eigenvalue weighted by Crippen LogP contribution is -2.53. The molecule has 0 spiro atoms. The van der Waals surface area contributed by atoms with Crippen LogP contribution < -0.4 is 10.5 Å². The van der Waals surface area contributed by atoms with E-state index in [9.17, 15) is 9.59 Å². The van der Waals surface area contributed by atoms with Gasteiger partial charge in [0.2, 0.25) is 12.3 Å². The molecule has 3 aromatic rings. The van der Waals surface area contributed by atoms with Crippen LogP contribution >= 0.6 is 11.6 Å². The summed E-state index contributed by atoms with van der Waals surface area (Å²) in [6, 6.07) is 16.6. The number of hydroxylamine groups is 1. The van der Waals surface area contributed by atoms with E-state index in [2.05, 4.69) is 10.4 Å². The number of fused-ring (bicyclic) bond motifs is 1.